The maximum absolute atomic E-state index is 5.99. The van der Waals surface area contributed by atoms with Crippen LogP contribution >= 0.6 is 0 Å². The van der Waals surface area contributed by atoms with E-state index < -0.39 is 0 Å². The van der Waals surface area contributed by atoms with E-state index in [1.54, 1.807) is 20.4 Å². The van der Waals surface area contributed by atoms with Crippen LogP contribution in [0.4, 0.5) is 5.82 Å². The lowest BCUT2D eigenvalue weighted by Crippen LogP contribution is -2.05. The Bertz CT molecular complexity index is 708. The zero-order valence-electron chi connectivity index (χ0n) is 12.3. The van der Waals surface area contributed by atoms with Crippen molar-refractivity contribution in [2.24, 2.45) is 0 Å². The quantitative estimate of drug-likeness (QED) is 0.909. The molecule has 0 aliphatic heterocycles. The summed E-state index contributed by atoms with van der Waals surface area (Å²) in [5.41, 5.74) is 10.5. The zero-order valence-corrected chi connectivity index (χ0v) is 12.3. The first-order valence-electron chi connectivity index (χ1n) is 7.32. The Morgan fingerprint density at radius 3 is 2.52 bits per heavy atom. The molecule has 2 aromatic rings. The summed E-state index contributed by atoms with van der Waals surface area (Å²) >= 11 is 0. The van der Waals surface area contributed by atoms with E-state index in [0.29, 0.717) is 17.7 Å². The summed E-state index contributed by atoms with van der Waals surface area (Å²) in [6.07, 6.45) is 5.45. The van der Waals surface area contributed by atoms with Gasteiger partial charge in [0.1, 0.15) is 17.3 Å². The lowest BCUT2D eigenvalue weighted by atomic mass is 9.87. The highest BCUT2D eigenvalue weighted by molar-refractivity contribution is 5.82. The molecule has 4 rings (SSSR count). The molecule has 2 bridgehead atoms. The number of hydrogen-bond acceptors (Lipinski definition) is 4. The lowest BCUT2D eigenvalue weighted by molar-refractivity contribution is 0.392. The molecule has 2 aliphatic carbocycles. The average Bonchev–Trinajstić information content (AvgIpc) is 3.21. The second kappa shape index (κ2) is 4.41. The summed E-state index contributed by atoms with van der Waals surface area (Å²) < 4.78 is 11.4. The van der Waals surface area contributed by atoms with Crippen molar-refractivity contribution in [2.45, 2.75) is 31.1 Å². The summed E-state index contributed by atoms with van der Waals surface area (Å²) in [7, 11) is 3.46. The van der Waals surface area contributed by atoms with Gasteiger partial charge in [-0.25, -0.2) is 0 Å². The summed E-state index contributed by atoms with van der Waals surface area (Å²) in [6, 6.07) is 2.04. The molecule has 110 valence electrons. The summed E-state index contributed by atoms with van der Waals surface area (Å²) in [4.78, 5) is 0. The first-order valence-corrected chi connectivity index (χ1v) is 7.32. The van der Waals surface area contributed by atoms with Gasteiger partial charge in [0, 0.05) is 22.3 Å². The number of nitrogen functional groups attached to an aromatic ring is 1. The monoisotopic (exact) mass is 285 g/mol. The predicted molar refractivity (Wildman–Crippen MR) is 80.9 cm³/mol. The Kier molecular flexibility index (Phi) is 2.64. The Morgan fingerprint density at radius 1 is 1.14 bits per heavy atom. The van der Waals surface area contributed by atoms with Crippen LogP contribution in [0.25, 0.3) is 11.1 Å². The van der Waals surface area contributed by atoms with Crippen LogP contribution in [0.1, 0.15) is 42.2 Å². The van der Waals surface area contributed by atoms with Gasteiger partial charge in [-0.3, -0.25) is 5.10 Å². The van der Waals surface area contributed by atoms with Gasteiger partial charge in [-0.15, -0.1) is 0 Å². The van der Waals surface area contributed by atoms with E-state index in [4.69, 9.17) is 15.2 Å². The molecule has 5 heteroatoms. The maximum Gasteiger partial charge on any atom is 0.130 e. The minimum Gasteiger partial charge on any atom is -0.496 e. The Morgan fingerprint density at radius 2 is 1.90 bits per heavy atom. The number of fused-ring (bicyclic) bond motifs is 5. The summed E-state index contributed by atoms with van der Waals surface area (Å²) in [6.45, 7) is 0. The fourth-order valence-electron chi connectivity index (χ4n) is 4.11. The van der Waals surface area contributed by atoms with Crippen LogP contribution in [0.2, 0.25) is 0 Å². The van der Waals surface area contributed by atoms with E-state index in [-0.39, 0.29) is 0 Å². The van der Waals surface area contributed by atoms with Crippen molar-refractivity contribution in [1.82, 2.24) is 10.2 Å². The Hall–Kier alpha value is -2.17. The van der Waals surface area contributed by atoms with E-state index in [2.05, 4.69) is 10.2 Å². The van der Waals surface area contributed by atoms with Crippen LogP contribution in [0.5, 0.6) is 11.5 Å². The van der Waals surface area contributed by atoms with Crippen molar-refractivity contribution < 1.29 is 9.47 Å². The summed E-state index contributed by atoms with van der Waals surface area (Å²) in [5.74, 6) is 3.64. The highest BCUT2D eigenvalue weighted by Crippen LogP contribution is 2.60. The van der Waals surface area contributed by atoms with Gasteiger partial charge < -0.3 is 15.2 Å². The van der Waals surface area contributed by atoms with Gasteiger partial charge in [0.05, 0.1) is 20.4 Å². The van der Waals surface area contributed by atoms with Crippen molar-refractivity contribution in [3.05, 3.63) is 23.4 Å². The second-order valence-electron chi connectivity index (χ2n) is 5.89. The maximum atomic E-state index is 5.99. The molecule has 5 nitrogen and oxygen atoms in total. The topological polar surface area (TPSA) is 73.2 Å². The zero-order chi connectivity index (χ0) is 14.6. The van der Waals surface area contributed by atoms with Crippen molar-refractivity contribution in [2.75, 3.05) is 20.0 Å². The molecule has 0 radical (unpaired) electrons. The molecule has 21 heavy (non-hydrogen) atoms. The molecule has 2 unspecified atom stereocenters. The van der Waals surface area contributed by atoms with Crippen molar-refractivity contribution in [3.8, 4) is 22.6 Å². The van der Waals surface area contributed by atoms with Gasteiger partial charge in [0.15, 0.2) is 0 Å². The number of anilines is 1. The first-order chi connectivity index (χ1) is 10.2. The van der Waals surface area contributed by atoms with E-state index in [1.807, 2.05) is 6.07 Å². The molecule has 1 aromatic carbocycles. The van der Waals surface area contributed by atoms with Gasteiger partial charge in [0.2, 0.25) is 0 Å². The highest BCUT2D eigenvalue weighted by Gasteiger charge is 2.42. The number of nitrogens with zero attached hydrogens (tertiary/aromatic N) is 1. The number of rotatable bonds is 3. The number of methoxy groups -OCH3 is 2. The van der Waals surface area contributed by atoms with Crippen LogP contribution in [0.15, 0.2) is 12.3 Å². The fraction of sp³-hybridized carbons (Fsp3) is 0.438. The molecule has 2 atom stereocenters. The van der Waals surface area contributed by atoms with Crippen LogP contribution < -0.4 is 15.2 Å². The first kappa shape index (κ1) is 12.6. The van der Waals surface area contributed by atoms with E-state index >= 15 is 0 Å². The van der Waals surface area contributed by atoms with Gasteiger partial charge in [0.25, 0.3) is 0 Å². The minimum atomic E-state index is 0.554. The third-order valence-electron chi connectivity index (χ3n) is 4.95. The number of H-pyrrole nitrogens is 1. The lowest BCUT2D eigenvalue weighted by Gasteiger charge is -2.23. The van der Waals surface area contributed by atoms with Gasteiger partial charge >= 0.3 is 0 Å². The second-order valence-corrected chi connectivity index (χ2v) is 5.89. The van der Waals surface area contributed by atoms with E-state index in [0.717, 1.165) is 22.6 Å². The van der Waals surface area contributed by atoms with E-state index in [1.165, 1.54) is 30.4 Å². The van der Waals surface area contributed by atoms with Crippen molar-refractivity contribution >= 4 is 5.82 Å². The molecular formula is C16H19N3O2. The smallest absolute Gasteiger partial charge is 0.130 e. The largest absolute Gasteiger partial charge is 0.496 e. The summed E-state index contributed by atoms with van der Waals surface area (Å²) in [5, 5.41) is 6.81. The Labute approximate surface area is 123 Å². The standard InChI is InChI=1S/C16H19N3O2/c1-20-12-6-10(11-7-18-19-16(11)17)15(21-2)14-9-4-3-8(5-9)13(12)14/h6-9H,3-5H2,1-2H3,(H3,17,18,19). The molecule has 0 saturated heterocycles. The van der Waals surface area contributed by atoms with Crippen LogP contribution in [0, 0.1) is 0 Å². The van der Waals surface area contributed by atoms with Crippen LogP contribution in [0.3, 0.4) is 0 Å². The van der Waals surface area contributed by atoms with Crippen molar-refractivity contribution in [3.63, 3.8) is 0 Å². The van der Waals surface area contributed by atoms with Gasteiger partial charge in [-0.05, 0) is 37.2 Å². The Balaban J connectivity index is 2.01. The molecule has 0 spiro atoms. The molecular weight excluding hydrogens is 266 g/mol. The van der Waals surface area contributed by atoms with Gasteiger partial charge in [-0.2, -0.15) is 5.10 Å². The van der Waals surface area contributed by atoms with Gasteiger partial charge in [-0.1, -0.05) is 0 Å². The van der Waals surface area contributed by atoms with E-state index in [9.17, 15) is 0 Å². The number of hydrogen-bond donors (Lipinski definition) is 2. The third kappa shape index (κ3) is 1.60. The molecule has 2 aliphatic rings. The third-order valence-corrected chi connectivity index (χ3v) is 4.95. The minimum absolute atomic E-state index is 0.554. The highest BCUT2D eigenvalue weighted by atomic mass is 16.5. The number of aromatic nitrogens is 2. The predicted octanol–water partition coefficient (Wildman–Crippen LogP) is 3.04. The molecule has 3 N–H and O–H groups in total. The van der Waals surface area contributed by atoms with Crippen molar-refractivity contribution in [1.29, 1.82) is 0 Å². The molecule has 1 aromatic heterocycles. The SMILES string of the molecule is COc1cc(-c2cn[nH]c2N)c(OC)c2c1C1CCC2C1. The number of nitrogens with two attached hydrogens (primary N) is 1. The fourth-order valence-corrected chi connectivity index (χ4v) is 4.11. The normalized spacial score (nSPS) is 22.4. The molecule has 1 fully saturated rings. The molecule has 0 amide bonds. The molecule has 1 saturated carbocycles. The number of aromatic amines is 1. The average molecular weight is 285 g/mol. The number of nitrogens with one attached hydrogen (secondary N) is 1. The van der Waals surface area contributed by atoms with Crippen LogP contribution in [-0.2, 0) is 0 Å². The number of ether oxygens (including phenoxy) is 2. The molecule has 1 heterocycles. The van der Waals surface area contributed by atoms with Crippen LogP contribution in [-0.4, -0.2) is 24.4 Å². The number of benzene rings is 1.